The van der Waals surface area contributed by atoms with Crippen LogP contribution in [-0.2, 0) is 14.1 Å². The van der Waals surface area contributed by atoms with E-state index in [1.807, 2.05) is 23.6 Å². The van der Waals surface area contributed by atoms with Crippen LogP contribution in [0, 0.1) is 13.8 Å². The number of hydrogen-bond acceptors (Lipinski definition) is 4. The highest BCUT2D eigenvalue weighted by atomic mass is 32.1. The van der Waals surface area contributed by atoms with Gasteiger partial charge in [-0.25, -0.2) is 4.99 Å². The lowest BCUT2D eigenvalue weighted by Crippen LogP contribution is -1.96. The monoisotopic (exact) mass is 510 g/mol. The molecule has 0 radical (unpaired) electrons. The number of aromatic nitrogens is 3. The second-order valence-electron chi connectivity index (χ2n) is 9.30. The molecule has 6 nitrogen and oxygen atoms in total. The van der Waals surface area contributed by atoms with Crippen LogP contribution in [0.5, 0.6) is 5.88 Å². The smallest absolute Gasteiger partial charge is 0.280 e. The Morgan fingerprint density at radius 2 is 1.72 bits per heavy atom. The third-order valence-electron chi connectivity index (χ3n) is 7.33. The van der Waals surface area contributed by atoms with Crippen LogP contribution in [0.1, 0.15) is 31.9 Å². The number of nitrogens with one attached hydrogen (secondary N) is 1. The molecule has 0 atom stereocenters. The van der Waals surface area contributed by atoms with Crippen LogP contribution in [-0.4, -0.2) is 30.8 Å². The molecule has 0 saturated heterocycles. The van der Waals surface area contributed by atoms with Gasteiger partial charge in [0.1, 0.15) is 0 Å². The quantitative estimate of drug-likeness (QED) is 0.276. The first-order valence-corrected chi connectivity index (χ1v) is 13.3. The lowest BCUT2D eigenvalue weighted by molar-refractivity contribution is 0.101. The van der Waals surface area contributed by atoms with Crippen molar-refractivity contribution in [3.05, 3.63) is 75.1 Å². The zero-order valence-electron chi connectivity index (χ0n) is 20.1. The average molecular weight is 511 g/mol. The largest absolute Gasteiger partial charge is 0.494 e. The molecular weight excluding hydrogens is 488 g/mol. The second-order valence-corrected chi connectivity index (χ2v) is 11.3. The van der Waals surface area contributed by atoms with Crippen molar-refractivity contribution in [2.24, 2.45) is 19.1 Å². The number of H-pyrrole nitrogens is 1. The molecule has 0 saturated carbocycles. The van der Waals surface area contributed by atoms with Crippen LogP contribution in [0.25, 0.3) is 42.9 Å². The van der Waals surface area contributed by atoms with Gasteiger partial charge in [-0.3, -0.25) is 4.79 Å². The van der Waals surface area contributed by atoms with Gasteiger partial charge in [0.15, 0.2) is 5.88 Å². The number of aromatic amines is 1. The molecule has 1 aromatic carbocycles. The predicted molar refractivity (Wildman–Crippen MR) is 148 cm³/mol. The summed E-state index contributed by atoms with van der Waals surface area (Å²) in [6.45, 7) is 4.38. The molecule has 5 aromatic heterocycles. The standard InChI is InChI=1S/C28H22N4O2S2/c1-13-15-9-10-31(3)25(15)14(2)16-12-17(32(4)26(13)16)18-7-8-20(36-18)24-22-21(27(33)30-24)23(29-28(22)34)19-6-5-11-35-19/h5-12,30,33H,1-4H3. The van der Waals surface area contributed by atoms with Gasteiger partial charge in [0, 0.05) is 31.1 Å². The maximum absolute atomic E-state index is 12.9. The molecule has 178 valence electrons. The molecule has 6 heterocycles. The van der Waals surface area contributed by atoms with Crippen LogP contribution in [0.3, 0.4) is 0 Å². The van der Waals surface area contributed by atoms with Crippen LogP contribution < -0.4 is 0 Å². The molecular formula is C28H22N4O2S2. The summed E-state index contributed by atoms with van der Waals surface area (Å²) in [6, 6.07) is 12.4. The highest BCUT2D eigenvalue weighted by Crippen LogP contribution is 2.44. The number of rotatable bonds is 3. The average Bonchev–Trinajstić information content (AvgIpc) is 3.67. The van der Waals surface area contributed by atoms with Crippen LogP contribution in [0.15, 0.2) is 53.0 Å². The van der Waals surface area contributed by atoms with Crippen molar-refractivity contribution in [1.29, 1.82) is 0 Å². The van der Waals surface area contributed by atoms with Gasteiger partial charge in [-0.1, -0.05) is 6.07 Å². The normalized spacial score (nSPS) is 13.3. The number of fused-ring (bicyclic) bond motifs is 3. The SMILES string of the molecule is Cc1c2cc(-c3ccc(-c4[nH]c(O)c5c4C(=O)N=C5c4cccs4)s3)n(C)c2c(C)c2ccn(C)c12. The Morgan fingerprint density at radius 1 is 0.944 bits per heavy atom. The first kappa shape index (κ1) is 21.4. The Morgan fingerprint density at radius 3 is 2.50 bits per heavy atom. The molecule has 0 fully saturated rings. The number of amides is 1. The second kappa shape index (κ2) is 7.32. The van der Waals surface area contributed by atoms with Crippen molar-refractivity contribution in [1.82, 2.24) is 14.1 Å². The fourth-order valence-electron chi connectivity index (χ4n) is 5.66. The molecule has 0 bridgehead atoms. The van der Waals surface area contributed by atoms with Crippen molar-refractivity contribution >= 4 is 56.1 Å². The number of benzene rings is 1. The molecule has 6 aromatic rings. The maximum atomic E-state index is 12.9. The molecule has 36 heavy (non-hydrogen) atoms. The summed E-state index contributed by atoms with van der Waals surface area (Å²) in [5.74, 6) is -0.340. The summed E-state index contributed by atoms with van der Waals surface area (Å²) < 4.78 is 4.45. The van der Waals surface area contributed by atoms with Crippen molar-refractivity contribution in [3.63, 3.8) is 0 Å². The van der Waals surface area contributed by atoms with Crippen molar-refractivity contribution in [3.8, 4) is 27.0 Å². The summed E-state index contributed by atoms with van der Waals surface area (Å²) >= 11 is 3.10. The Kier molecular flexibility index (Phi) is 4.35. The zero-order chi connectivity index (χ0) is 24.9. The van der Waals surface area contributed by atoms with E-state index in [1.54, 1.807) is 11.3 Å². The molecule has 0 spiro atoms. The Balaban J connectivity index is 1.37. The fraction of sp³-hybridized carbons (Fsp3) is 0.143. The number of carbonyl (C=O) groups excluding carboxylic acids is 1. The Bertz CT molecular complexity index is 1910. The van der Waals surface area contributed by atoms with E-state index >= 15 is 0 Å². The Hall–Kier alpha value is -3.88. The van der Waals surface area contributed by atoms with E-state index in [0.717, 1.165) is 20.3 Å². The van der Waals surface area contributed by atoms with Crippen LogP contribution in [0.4, 0.5) is 0 Å². The van der Waals surface area contributed by atoms with E-state index < -0.39 is 0 Å². The highest BCUT2D eigenvalue weighted by Gasteiger charge is 2.34. The minimum atomic E-state index is -0.322. The number of aromatic hydroxyl groups is 1. The van der Waals surface area contributed by atoms with Gasteiger partial charge in [-0.15, -0.1) is 22.7 Å². The molecule has 2 N–H and O–H groups in total. The maximum Gasteiger partial charge on any atom is 0.280 e. The summed E-state index contributed by atoms with van der Waals surface area (Å²) in [4.78, 5) is 23.1. The van der Waals surface area contributed by atoms with Crippen molar-refractivity contribution in [2.75, 3.05) is 0 Å². The van der Waals surface area contributed by atoms with E-state index in [1.165, 1.54) is 44.3 Å². The summed E-state index contributed by atoms with van der Waals surface area (Å²) in [6.07, 6.45) is 2.12. The third kappa shape index (κ3) is 2.71. The number of nitrogens with zero attached hydrogens (tertiary/aromatic N) is 3. The molecule has 7 rings (SSSR count). The zero-order valence-corrected chi connectivity index (χ0v) is 21.8. The van der Waals surface area contributed by atoms with Gasteiger partial charge in [-0.2, -0.15) is 0 Å². The summed E-state index contributed by atoms with van der Waals surface area (Å²) in [5.41, 5.74) is 8.26. The van der Waals surface area contributed by atoms with Crippen molar-refractivity contribution < 1.29 is 9.90 Å². The van der Waals surface area contributed by atoms with E-state index in [2.05, 4.69) is 71.4 Å². The van der Waals surface area contributed by atoms with Crippen LogP contribution >= 0.6 is 22.7 Å². The van der Waals surface area contributed by atoms with Gasteiger partial charge in [0.2, 0.25) is 0 Å². The van der Waals surface area contributed by atoms with Gasteiger partial charge >= 0.3 is 0 Å². The molecule has 0 aliphatic carbocycles. The predicted octanol–water partition coefficient (Wildman–Crippen LogP) is 6.77. The first-order valence-electron chi connectivity index (χ1n) is 11.6. The summed E-state index contributed by atoms with van der Waals surface area (Å²) in [5, 5.41) is 15.2. The number of aryl methyl sites for hydroxylation is 4. The number of hydrogen-bond donors (Lipinski definition) is 2. The molecule has 8 heteroatoms. The number of thiophene rings is 2. The third-order valence-corrected chi connectivity index (χ3v) is 9.33. The van der Waals surface area contributed by atoms with Gasteiger partial charge < -0.3 is 19.2 Å². The minimum absolute atomic E-state index is 0.0181. The summed E-state index contributed by atoms with van der Waals surface area (Å²) in [7, 11) is 4.20. The van der Waals surface area contributed by atoms with Crippen LogP contribution in [0.2, 0.25) is 0 Å². The van der Waals surface area contributed by atoms with Crippen molar-refractivity contribution in [2.45, 2.75) is 13.8 Å². The van der Waals surface area contributed by atoms with Gasteiger partial charge in [-0.05, 0) is 60.7 Å². The molecule has 1 aliphatic heterocycles. The minimum Gasteiger partial charge on any atom is -0.494 e. The Labute approximate surface area is 214 Å². The van der Waals surface area contributed by atoms with E-state index in [-0.39, 0.29) is 11.8 Å². The molecule has 1 aliphatic rings. The highest BCUT2D eigenvalue weighted by molar-refractivity contribution is 7.18. The van der Waals surface area contributed by atoms with E-state index in [4.69, 9.17) is 0 Å². The van der Waals surface area contributed by atoms with E-state index in [0.29, 0.717) is 22.5 Å². The first-order chi connectivity index (χ1) is 17.3. The number of aliphatic imine (C=N–C) groups is 1. The van der Waals surface area contributed by atoms with Gasteiger partial charge in [0.05, 0.1) is 53.9 Å². The fourth-order valence-corrected chi connectivity index (χ4v) is 7.45. The van der Waals surface area contributed by atoms with E-state index in [9.17, 15) is 9.90 Å². The molecule has 1 amide bonds. The lowest BCUT2D eigenvalue weighted by Gasteiger charge is -2.09. The topological polar surface area (TPSA) is 75.3 Å². The molecule has 0 unspecified atom stereocenters. The lowest BCUT2D eigenvalue weighted by atomic mass is 10.0. The number of carbonyl (C=O) groups is 1. The van der Waals surface area contributed by atoms with Gasteiger partial charge in [0.25, 0.3) is 5.91 Å².